The van der Waals surface area contributed by atoms with Crippen molar-refractivity contribution < 1.29 is 13.5 Å². The number of phenols is 1. The van der Waals surface area contributed by atoms with Crippen LogP contribution in [0, 0.1) is 6.92 Å². The molecule has 0 aliphatic carbocycles. The highest BCUT2D eigenvalue weighted by atomic mass is 32.2. The zero-order valence-corrected chi connectivity index (χ0v) is 12.0. The number of hydrogen-bond donors (Lipinski definition) is 2. The van der Waals surface area contributed by atoms with E-state index in [2.05, 4.69) is 9.71 Å². The molecule has 0 atom stereocenters. The number of sulfonamides is 1. The molecule has 2 rings (SSSR count). The average Bonchev–Trinajstić information content (AvgIpc) is 2.75. The Hall–Kier alpha value is -1.44. The molecule has 0 unspecified atom stereocenters. The Kier molecular flexibility index (Phi) is 4.18. The third kappa shape index (κ3) is 3.76. The summed E-state index contributed by atoms with van der Waals surface area (Å²) in [5.41, 5.74) is 0.946. The number of phenolic OH excluding ortho intramolecular Hbond substituents is 1. The smallest absolute Gasteiger partial charge is 0.240 e. The average molecular weight is 298 g/mol. The van der Waals surface area contributed by atoms with Crippen molar-refractivity contribution in [2.45, 2.75) is 18.2 Å². The first-order valence-corrected chi connectivity index (χ1v) is 8.03. The number of thiazole rings is 1. The second-order valence-corrected chi connectivity index (χ2v) is 6.73. The van der Waals surface area contributed by atoms with Gasteiger partial charge in [-0.05, 0) is 31.2 Å². The Balaban J connectivity index is 1.96. The molecule has 5 nitrogen and oxygen atoms in total. The molecule has 102 valence electrons. The molecule has 0 radical (unpaired) electrons. The lowest BCUT2D eigenvalue weighted by Gasteiger charge is -2.05. The second kappa shape index (κ2) is 5.68. The fraction of sp³-hybridized carbons (Fsp3) is 0.250. The Morgan fingerprint density at radius 3 is 2.58 bits per heavy atom. The fourth-order valence-electron chi connectivity index (χ4n) is 1.52. The summed E-state index contributed by atoms with van der Waals surface area (Å²) in [6.07, 6.45) is 0.565. The van der Waals surface area contributed by atoms with Crippen LogP contribution < -0.4 is 4.72 Å². The van der Waals surface area contributed by atoms with Crippen molar-refractivity contribution in [3.8, 4) is 5.75 Å². The van der Waals surface area contributed by atoms with Gasteiger partial charge in [-0.25, -0.2) is 18.1 Å². The van der Waals surface area contributed by atoms with Gasteiger partial charge in [-0.2, -0.15) is 0 Å². The van der Waals surface area contributed by atoms with Crippen LogP contribution in [0.1, 0.15) is 10.7 Å². The first kappa shape index (κ1) is 14.0. The lowest BCUT2D eigenvalue weighted by Crippen LogP contribution is -2.25. The Morgan fingerprint density at radius 2 is 2.00 bits per heavy atom. The van der Waals surface area contributed by atoms with Crippen molar-refractivity contribution in [1.29, 1.82) is 0 Å². The van der Waals surface area contributed by atoms with Crippen molar-refractivity contribution in [2.75, 3.05) is 6.54 Å². The Morgan fingerprint density at radius 1 is 1.32 bits per heavy atom. The Bertz CT molecular complexity index is 648. The molecular weight excluding hydrogens is 284 g/mol. The quantitative estimate of drug-likeness (QED) is 0.880. The van der Waals surface area contributed by atoms with E-state index in [1.807, 2.05) is 12.3 Å². The molecule has 0 aliphatic rings. The van der Waals surface area contributed by atoms with Gasteiger partial charge in [0.2, 0.25) is 10.0 Å². The Labute approximate surface area is 116 Å². The highest BCUT2D eigenvalue weighted by Gasteiger charge is 2.13. The zero-order chi connectivity index (χ0) is 13.9. The number of aryl methyl sites for hydroxylation is 1. The van der Waals surface area contributed by atoms with Gasteiger partial charge in [-0.3, -0.25) is 0 Å². The lowest BCUT2D eigenvalue weighted by molar-refractivity contribution is 0.474. The van der Waals surface area contributed by atoms with Crippen molar-refractivity contribution in [2.24, 2.45) is 0 Å². The van der Waals surface area contributed by atoms with Crippen LogP contribution in [0.4, 0.5) is 0 Å². The maximum absolute atomic E-state index is 11.9. The molecular formula is C12H14N2O3S2. The summed E-state index contributed by atoms with van der Waals surface area (Å²) < 4.78 is 26.4. The molecule has 1 heterocycles. The standard InChI is InChI=1S/C12H14N2O3S2/c1-9-8-18-12(14-9)6-7-13-19(16,17)11-4-2-10(15)3-5-11/h2-5,8,13,15H,6-7H2,1H3. The van der Waals surface area contributed by atoms with E-state index in [0.717, 1.165) is 10.7 Å². The number of hydrogen-bond acceptors (Lipinski definition) is 5. The van der Waals surface area contributed by atoms with Gasteiger partial charge in [0.25, 0.3) is 0 Å². The molecule has 7 heteroatoms. The minimum Gasteiger partial charge on any atom is -0.508 e. The summed E-state index contributed by atoms with van der Waals surface area (Å²) >= 11 is 1.52. The third-order valence-corrected chi connectivity index (χ3v) is 4.95. The third-order valence-electron chi connectivity index (χ3n) is 2.44. The predicted octanol–water partition coefficient (Wildman–Crippen LogP) is 1.68. The SMILES string of the molecule is Cc1csc(CCNS(=O)(=O)c2ccc(O)cc2)n1. The van der Waals surface area contributed by atoms with E-state index in [-0.39, 0.29) is 10.6 Å². The number of aromatic nitrogens is 1. The van der Waals surface area contributed by atoms with Gasteiger partial charge in [0.1, 0.15) is 5.75 Å². The van der Waals surface area contributed by atoms with Crippen LogP contribution in [-0.2, 0) is 16.4 Å². The zero-order valence-electron chi connectivity index (χ0n) is 10.3. The maximum atomic E-state index is 11.9. The van der Waals surface area contributed by atoms with E-state index in [4.69, 9.17) is 5.11 Å². The number of nitrogens with zero attached hydrogens (tertiary/aromatic N) is 1. The molecule has 1 aromatic heterocycles. The summed E-state index contributed by atoms with van der Waals surface area (Å²) in [7, 11) is -3.52. The van der Waals surface area contributed by atoms with Crippen LogP contribution in [0.3, 0.4) is 0 Å². The molecule has 0 amide bonds. The minimum atomic E-state index is -3.52. The van der Waals surface area contributed by atoms with Gasteiger partial charge in [-0.15, -0.1) is 11.3 Å². The molecule has 0 fully saturated rings. The minimum absolute atomic E-state index is 0.0391. The molecule has 0 saturated carbocycles. The normalized spacial score (nSPS) is 11.6. The predicted molar refractivity (Wildman–Crippen MR) is 73.9 cm³/mol. The van der Waals surface area contributed by atoms with Gasteiger partial charge >= 0.3 is 0 Å². The molecule has 2 N–H and O–H groups in total. The molecule has 0 aliphatic heterocycles. The lowest BCUT2D eigenvalue weighted by atomic mass is 10.3. The number of aromatic hydroxyl groups is 1. The van der Waals surface area contributed by atoms with Crippen molar-refractivity contribution >= 4 is 21.4 Å². The summed E-state index contributed by atoms with van der Waals surface area (Å²) in [4.78, 5) is 4.40. The number of nitrogens with one attached hydrogen (secondary N) is 1. The van der Waals surface area contributed by atoms with Crippen molar-refractivity contribution in [1.82, 2.24) is 9.71 Å². The molecule has 0 spiro atoms. The van der Waals surface area contributed by atoms with E-state index in [0.29, 0.717) is 13.0 Å². The topological polar surface area (TPSA) is 79.3 Å². The summed E-state index contributed by atoms with van der Waals surface area (Å²) in [5, 5.41) is 12.0. The van der Waals surface area contributed by atoms with Crippen molar-refractivity contribution in [3.05, 3.63) is 40.3 Å². The van der Waals surface area contributed by atoms with Crippen LogP contribution in [0.15, 0.2) is 34.5 Å². The van der Waals surface area contributed by atoms with Crippen molar-refractivity contribution in [3.63, 3.8) is 0 Å². The van der Waals surface area contributed by atoms with Gasteiger partial charge in [0, 0.05) is 24.0 Å². The molecule has 0 saturated heterocycles. The monoisotopic (exact) mass is 298 g/mol. The van der Waals surface area contributed by atoms with Gasteiger partial charge < -0.3 is 5.11 Å². The highest BCUT2D eigenvalue weighted by molar-refractivity contribution is 7.89. The summed E-state index contributed by atoms with van der Waals surface area (Å²) in [5.74, 6) is 0.0391. The summed E-state index contributed by atoms with van der Waals surface area (Å²) in [6, 6.07) is 5.42. The van der Waals surface area contributed by atoms with Gasteiger partial charge in [0.05, 0.1) is 9.90 Å². The highest BCUT2D eigenvalue weighted by Crippen LogP contribution is 2.14. The largest absolute Gasteiger partial charge is 0.508 e. The maximum Gasteiger partial charge on any atom is 0.240 e. The molecule has 19 heavy (non-hydrogen) atoms. The molecule has 0 bridgehead atoms. The first-order valence-electron chi connectivity index (χ1n) is 5.67. The van der Waals surface area contributed by atoms with E-state index in [1.165, 1.54) is 35.6 Å². The molecule has 1 aromatic carbocycles. The van der Waals surface area contributed by atoms with E-state index >= 15 is 0 Å². The van der Waals surface area contributed by atoms with Crippen LogP contribution in [0.25, 0.3) is 0 Å². The van der Waals surface area contributed by atoms with E-state index in [1.54, 1.807) is 0 Å². The van der Waals surface area contributed by atoms with E-state index < -0.39 is 10.0 Å². The summed E-state index contributed by atoms with van der Waals surface area (Å²) in [6.45, 7) is 2.21. The first-order chi connectivity index (χ1) is 8.97. The fourth-order valence-corrected chi connectivity index (χ4v) is 3.33. The molecule has 2 aromatic rings. The van der Waals surface area contributed by atoms with Gasteiger partial charge in [0.15, 0.2) is 0 Å². The number of benzene rings is 1. The van der Waals surface area contributed by atoms with Crippen LogP contribution >= 0.6 is 11.3 Å². The second-order valence-electron chi connectivity index (χ2n) is 4.02. The van der Waals surface area contributed by atoms with Gasteiger partial charge in [-0.1, -0.05) is 0 Å². The van der Waals surface area contributed by atoms with Crippen LogP contribution in [0.5, 0.6) is 5.75 Å². The van der Waals surface area contributed by atoms with Crippen LogP contribution in [0.2, 0.25) is 0 Å². The van der Waals surface area contributed by atoms with Crippen LogP contribution in [-0.4, -0.2) is 25.1 Å². The van der Waals surface area contributed by atoms with E-state index in [9.17, 15) is 8.42 Å². The number of rotatable bonds is 5.